The van der Waals surface area contributed by atoms with Crippen molar-refractivity contribution >= 4 is 17.2 Å². The molecule has 20 heavy (non-hydrogen) atoms. The first-order valence-corrected chi connectivity index (χ1v) is 7.29. The Hall–Kier alpha value is -2.13. The standard InChI is InChI=1S/C14H16N4OS/c1-3-7-18(8-6-15)14(19)11-10-17(2)16-13(11)12-5-4-9-20-12/h4-5,9-10H,3,7-8H2,1-2H3. The summed E-state index contributed by atoms with van der Waals surface area (Å²) in [6.45, 7) is 2.66. The van der Waals surface area contributed by atoms with Crippen LogP contribution in [0.15, 0.2) is 23.7 Å². The van der Waals surface area contributed by atoms with Gasteiger partial charge in [-0.05, 0) is 17.9 Å². The maximum Gasteiger partial charge on any atom is 0.258 e. The lowest BCUT2D eigenvalue weighted by molar-refractivity contribution is 0.0777. The molecular formula is C14H16N4OS. The number of carbonyl (C=O) groups excluding carboxylic acids is 1. The third-order valence-electron chi connectivity index (χ3n) is 2.86. The molecule has 0 atom stereocenters. The smallest absolute Gasteiger partial charge is 0.258 e. The maximum atomic E-state index is 12.6. The molecule has 2 heterocycles. The van der Waals surface area contributed by atoms with Gasteiger partial charge in [0.1, 0.15) is 12.2 Å². The van der Waals surface area contributed by atoms with Crippen molar-refractivity contribution < 1.29 is 4.79 Å². The number of aromatic nitrogens is 2. The lowest BCUT2D eigenvalue weighted by Crippen LogP contribution is -2.32. The van der Waals surface area contributed by atoms with Gasteiger partial charge >= 0.3 is 0 Å². The Morgan fingerprint density at radius 2 is 2.40 bits per heavy atom. The van der Waals surface area contributed by atoms with Crippen molar-refractivity contribution in [3.63, 3.8) is 0 Å². The minimum absolute atomic E-state index is 0.103. The molecule has 0 aliphatic rings. The second kappa shape index (κ2) is 6.35. The fraction of sp³-hybridized carbons (Fsp3) is 0.357. The van der Waals surface area contributed by atoms with E-state index in [0.29, 0.717) is 17.8 Å². The van der Waals surface area contributed by atoms with Crippen molar-refractivity contribution in [3.8, 4) is 16.6 Å². The zero-order valence-electron chi connectivity index (χ0n) is 11.5. The van der Waals surface area contributed by atoms with Crippen molar-refractivity contribution in [1.29, 1.82) is 5.26 Å². The van der Waals surface area contributed by atoms with Crippen LogP contribution in [0.1, 0.15) is 23.7 Å². The largest absolute Gasteiger partial charge is 0.325 e. The van der Waals surface area contributed by atoms with Crippen LogP contribution in [0, 0.1) is 11.3 Å². The molecule has 0 unspecified atom stereocenters. The van der Waals surface area contributed by atoms with Crippen molar-refractivity contribution in [1.82, 2.24) is 14.7 Å². The van der Waals surface area contributed by atoms with Crippen LogP contribution >= 0.6 is 11.3 Å². The molecule has 0 aliphatic carbocycles. The van der Waals surface area contributed by atoms with E-state index in [1.165, 1.54) is 0 Å². The second-order valence-corrected chi connectivity index (χ2v) is 5.37. The molecule has 0 saturated heterocycles. The van der Waals surface area contributed by atoms with Gasteiger partial charge in [-0.1, -0.05) is 13.0 Å². The predicted octanol–water partition coefficient (Wildman–Crippen LogP) is 2.52. The van der Waals surface area contributed by atoms with E-state index >= 15 is 0 Å². The predicted molar refractivity (Wildman–Crippen MR) is 78.3 cm³/mol. The van der Waals surface area contributed by atoms with Gasteiger partial charge in [0.25, 0.3) is 5.91 Å². The van der Waals surface area contributed by atoms with Crippen LogP contribution in [0.5, 0.6) is 0 Å². The lowest BCUT2D eigenvalue weighted by Gasteiger charge is -2.18. The highest BCUT2D eigenvalue weighted by atomic mass is 32.1. The van der Waals surface area contributed by atoms with Crippen molar-refractivity contribution in [2.45, 2.75) is 13.3 Å². The molecule has 1 amide bonds. The van der Waals surface area contributed by atoms with Crippen LogP contribution in [0.25, 0.3) is 10.6 Å². The highest BCUT2D eigenvalue weighted by molar-refractivity contribution is 7.13. The zero-order chi connectivity index (χ0) is 14.5. The van der Waals surface area contributed by atoms with Crippen molar-refractivity contribution in [2.75, 3.05) is 13.1 Å². The number of nitriles is 1. The maximum absolute atomic E-state index is 12.6. The summed E-state index contributed by atoms with van der Waals surface area (Å²) in [5, 5.41) is 15.2. The number of thiophene rings is 1. The van der Waals surface area contributed by atoms with Crippen LogP contribution in [0.2, 0.25) is 0 Å². The minimum atomic E-state index is -0.134. The van der Waals surface area contributed by atoms with Crippen molar-refractivity contribution in [2.24, 2.45) is 7.05 Å². The first kappa shape index (κ1) is 14.3. The Balaban J connectivity index is 2.37. The van der Waals surface area contributed by atoms with Crippen LogP contribution in [0.3, 0.4) is 0 Å². The Kier molecular flexibility index (Phi) is 4.53. The molecule has 5 nitrogen and oxygen atoms in total. The van der Waals surface area contributed by atoms with E-state index in [1.54, 1.807) is 34.2 Å². The number of amides is 1. The first-order chi connectivity index (χ1) is 9.67. The molecular weight excluding hydrogens is 272 g/mol. The quantitative estimate of drug-likeness (QED) is 0.794. The Labute approximate surface area is 122 Å². The molecule has 104 valence electrons. The van der Waals surface area contributed by atoms with E-state index in [-0.39, 0.29) is 12.5 Å². The average molecular weight is 288 g/mol. The van der Waals surface area contributed by atoms with Gasteiger partial charge in [-0.25, -0.2) is 0 Å². The summed E-state index contributed by atoms with van der Waals surface area (Å²) in [6, 6.07) is 5.92. The Morgan fingerprint density at radius 1 is 1.60 bits per heavy atom. The number of hydrogen-bond donors (Lipinski definition) is 0. The number of rotatable bonds is 5. The fourth-order valence-electron chi connectivity index (χ4n) is 2.02. The summed E-state index contributed by atoms with van der Waals surface area (Å²) < 4.78 is 1.64. The fourth-order valence-corrected chi connectivity index (χ4v) is 2.74. The lowest BCUT2D eigenvalue weighted by atomic mass is 10.2. The molecule has 0 aromatic carbocycles. The molecule has 0 spiro atoms. The third kappa shape index (κ3) is 2.89. The van der Waals surface area contributed by atoms with Gasteiger partial charge in [-0.2, -0.15) is 10.4 Å². The van der Waals surface area contributed by atoms with Gasteiger partial charge < -0.3 is 4.90 Å². The molecule has 2 aromatic heterocycles. The molecule has 0 radical (unpaired) electrons. The summed E-state index contributed by atoms with van der Waals surface area (Å²) in [4.78, 5) is 15.1. The minimum Gasteiger partial charge on any atom is -0.325 e. The number of nitrogens with zero attached hydrogens (tertiary/aromatic N) is 4. The molecule has 0 fully saturated rings. The van der Waals surface area contributed by atoms with Crippen LogP contribution in [-0.2, 0) is 7.05 Å². The second-order valence-electron chi connectivity index (χ2n) is 4.43. The summed E-state index contributed by atoms with van der Waals surface area (Å²) in [5.41, 5.74) is 1.24. The topological polar surface area (TPSA) is 61.9 Å². The van der Waals surface area contributed by atoms with E-state index in [2.05, 4.69) is 5.10 Å². The van der Waals surface area contributed by atoms with E-state index in [1.807, 2.05) is 30.5 Å². The van der Waals surface area contributed by atoms with Gasteiger partial charge in [-0.3, -0.25) is 9.48 Å². The summed E-state index contributed by atoms with van der Waals surface area (Å²) in [7, 11) is 1.79. The highest BCUT2D eigenvalue weighted by Crippen LogP contribution is 2.27. The number of carbonyl (C=O) groups is 1. The summed E-state index contributed by atoms with van der Waals surface area (Å²) in [6.07, 6.45) is 2.54. The van der Waals surface area contributed by atoms with E-state index in [9.17, 15) is 4.79 Å². The van der Waals surface area contributed by atoms with Crippen LogP contribution in [-0.4, -0.2) is 33.7 Å². The average Bonchev–Trinajstić information content (AvgIpc) is 3.06. The molecule has 0 saturated carbocycles. The van der Waals surface area contributed by atoms with Gasteiger partial charge in [-0.15, -0.1) is 11.3 Å². The number of aryl methyl sites for hydroxylation is 1. The third-order valence-corrected chi connectivity index (χ3v) is 3.73. The first-order valence-electron chi connectivity index (χ1n) is 6.41. The van der Waals surface area contributed by atoms with E-state index in [4.69, 9.17) is 5.26 Å². The van der Waals surface area contributed by atoms with Gasteiger partial charge in [0.2, 0.25) is 0 Å². The van der Waals surface area contributed by atoms with Gasteiger partial charge in [0, 0.05) is 19.8 Å². The van der Waals surface area contributed by atoms with Crippen LogP contribution in [0.4, 0.5) is 0 Å². The molecule has 0 aliphatic heterocycles. The summed E-state index contributed by atoms with van der Waals surface area (Å²) >= 11 is 1.55. The molecule has 6 heteroatoms. The van der Waals surface area contributed by atoms with Crippen molar-refractivity contribution in [3.05, 3.63) is 29.3 Å². The highest BCUT2D eigenvalue weighted by Gasteiger charge is 2.22. The molecule has 2 aromatic rings. The molecule has 0 N–H and O–H groups in total. The zero-order valence-corrected chi connectivity index (χ0v) is 12.4. The van der Waals surface area contributed by atoms with Gasteiger partial charge in [0.15, 0.2) is 0 Å². The van der Waals surface area contributed by atoms with E-state index < -0.39 is 0 Å². The molecule has 2 rings (SSSR count). The normalized spacial score (nSPS) is 10.2. The van der Waals surface area contributed by atoms with Gasteiger partial charge in [0.05, 0.1) is 16.5 Å². The summed E-state index contributed by atoms with van der Waals surface area (Å²) in [5.74, 6) is -0.134. The van der Waals surface area contributed by atoms with E-state index in [0.717, 1.165) is 11.3 Å². The molecule has 0 bridgehead atoms. The Morgan fingerprint density at radius 3 is 3.00 bits per heavy atom. The Bertz CT molecular complexity index is 624. The monoisotopic (exact) mass is 288 g/mol. The van der Waals surface area contributed by atoms with Crippen LogP contribution < -0.4 is 0 Å². The number of hydrogen-bond acceptors (Lipinski definition) is 4. The SMILES string of the molecule is CCCN(CC#N)C(=O)c1cn(C)nc1-c1cccs1.